The average molecular weight is 336 g/mol. The summed E-state index contributed by atoms with van der Waals surface area (Å²) >= 11 is 0. The highest BCUT2D eigenvalue weighted by atomic mass is 16.6. The molecule has 0 unspecified atom stereocenters. The molecule has 1 N–H and O–H groups in total. The second kappa shape index (κ2) is 6.24. The van der Waals surface area contributed by atoms with Crippen molar-refractivity contribution in [3.8, 4) is 5.75 Å². The first kappa shape index (κ1) is 15.7. The van der Waals surface area contributed by atoms with Crippen LogP contribution in [0.2, 0.25) is 0 Å². The molecule has 4 rings (SSSR count). The van der Waals surface area contributed by atoms with E-state index in [-0.39, 0.29) is 16.7 Å². The van der Waals surface area contributed by atoms with Gasteiger partial charge in [0.2, 0.25) is 0 Å². The zero-order valence-electron chi connectivity index (χ0n) is 14.0. The van der Waals surface area contributed by atoms with E-state index < -0.39 is 0 Å². The van der Waals surface area contributed by atoms with Crippen molar-refractivity contribution in [1.29, 1.82) is 0 Å². The first-order valence-electron chi connectivity index (χ1n) is 8.62. The largest absolute Gasteiger partial charge is 0.492 e. The molecule has 0 aromatic heterocycles. The third kappa shape index (κ3) is 2.65. The number of nitrogens with one attached hydrogen (secondary N) is 1. The number of allylic oxidation sites excluding steroid dienone is 2. The molecule has 128 valence electrons. The van der Waals surface area contributed by atoms with Gasteiger partial charge in [-0.05, 0) is 36.5 Å². The van der Waals surface area contributed by atoms with Crippen molar-refractivity contribution in [2.24, 2.45) is 5.92 Å². The quantitative estimate of drug-likeness (QED) is 0.494. The van der Waals surface area contributed by atoms with Gasteiger partial charge in [0.25, 0.3) is 5.69 Å². The Bertz CT molecular complexity index is 847. The lowest BCUT2D eigenvalue weighted by Gasteiger charge is -2.38. The van der Waals surface area contributed by atoms with Gasteiger partial charge >= 0.3 is 0 Å². The lowest BCUT2D eigenvalue weighted by Crippen LogP contribution is -2.29. The highest BCUT2D eigenvalue weighted by Crippen LogP contribution is 2.52. The minimum absolute atomic E-state index is 0.0222. The number of fused-ring (bicyclic) bond motifs is 3. The summed E-state index contributed by atoms with van der Waals surface area (Å²) in [5, 5.41) is 14.8. The van der Waals surface area contributed by atoms with E-state index in [9.17, 15) is 10.1 Å². The number of anilines is 1. The van der Waals surface area contributed by atoms with E-state index in [2.05, 4.69) is 23.5 Å². The Morgan fingerprint density at radius 1 is 1.28 bits per heavy atom. The fraction of sp³-hybridized carbons (Fsp3) is 0.300. The third-order valence-corrected chi connectivity index (χ3v) is 5.10. The van der Waals surface area contributed by atoms with Crippen LogP contribution in [0, 0.1) is 16.0 Å². The summed E-state index contributed by atoms with van der Waals surface area (Å²) in [7, 11) is 0. The van der Waals surface area contributed by atoms with Crippen LogP contribution in [0.1, 0.15) is 36.4 Å². The number of nitrogens with zero attached hydrogens (tertiary/aromatic N) is 1. The molecule has 3 atom stereocenters. The Hall–Kier alpha value is -2.82. The number of hydrogen-bond donors (Lipinski definition) is 1. The molecule has 1 heterocycles. The molecule has 0 spiro atoms. The Morgan fingerprint density at radius 3 is 2.92 bits per heavy atom. The number of non-ortho nitro benzene ring substituents is 1. The summed E-state index contributed by atoms with van der Waals surface area (Å²) in [4.78, 5) is 10.8. The van der Waals surface area contributed by atoms with E-state index in [1.165, 1.54) is 11.6 Å². The van der Waals surface area contributed by atoms with Crippen LogP contribution in [0.15, 0.2) is 54.6 Å². The maximum absolute atomic E-state index is 11.2. The summed E-state index contributed by atoms with van der Waals surface area (Å²) in [6.07, 6.45) is 5.43. The van der Waals surface area contributed by atoms with Crippen LogP contribution in [0.3, 0.4) is 0 Å². The van der Waals surface area contributed by atoms with Gasteiger partial charge in [-0.3, -0.25) is 10.1 Å². The van der Waals surface area contributed by atoms with Gasteiger partial charge in [0, 0.05) is 18.1 Å². The second-order valence-corrected chi connectivity index (χ2v) is 6.48. The summed E-state index contributed by atoms with van der Waals surface area (Å²) in [5.74, 6) is 1.50. The molecule has 0 saturated carbocycles. The molecule has 2 aliphatic rings. The van der Waals surface area contributed by atoms with E-state index in [4.69, 9.17) is 4.74 Å². The summed E-state index contributed by atoms with van der Waals surface area (Å²) in [5.41, 5.74) is 3.33. The predicted octanol–water partition coefficient (Wildman–Crippen LogP) is 4.82. The zero-order chi connectivity index (χ0) is 17.4. The van der Waals surface area contributed by atoms with E-state index in [0.717, 1.165) is 23.4 Å². The number of rotatable bonds is 4. The lowest BCUT2D eigenvalue weighted by molar-refractivity contribution is -0.384. The fourth-order valence-corrected chi connectivity index (χ4v) is 4.03. The molecule has 5 nitrogen and oxygen atoms in total. The minimum atomic E-state index is -0.337. The van der Waals surface area contributed by atoms with Crippen molar-refractivity contribution < 1.29 is 9.66 Å². The smallest absolute Gasteiger partial charge is 0.269 e. The van der Waals surface area contributed by atoms with Gasteiger partial charge in [0.15, 0.2) is 0 Å². The number of benzene rings is 2. The van der Waals surface area contributed by atoms with E-state index in [0.29, 0.717) is 18.4 Å². The molecule has 1 aliphatic heterocycles. The maximum Gasteiger partial charge on any atom is 0.269 e. The molecular weight excluding hydrogens is 316 g/mol. The Morgan fingerprint density at radius 2 is 2.12 bits per heavy atom. The maximum atomic E-state index is 11.2. The van der Waals surface area contributed by atoms with E-state index >= 15 is 0 Å². The van der Waals surface area contributed by atoms with Crippen LogP contribution in [0.25, 0.3) is 0 Å². The third-order valence-electron chi connectivity index (χ3n) is 5.10. The minimum Gasteiger partial charge on any atom is -0.492 e. The number of nitro benzene ring substituents is 1. The Labute approximate surface area is 146 Å². The average Bonchev–Trinajstić information content (AvgIpc) is 3.12. The van der Waals surface area contributed by atoms with Gasteiger partial charge in [-0.25, -0.2) is 0 Å². The van der Waals surface area contributed by atoms with Crippen molar-refractivity contribution in [2.45, 2.75) is 25.3 Å². The molecule has 0 fully saturated rings. The number of nitro groups is 1. The fourth-order valence-electron chi connectivity index (χ4n) is 4.03. The van der Waals surface area contributed by atoms with Gasteiger partial charge in [0.05, 0.1) is 23.3 Å². The monoisotopic (exact) mass is 336 g/mol. The van der Waals surface area contributed by atoms with Gasteiger partial charge < -0.3 is 10.1 Å². The molecule has 0 bridgehead atoms. The normalized spacial score (nSPS) is 23.5. The van der Waals surface area contributed by atoms with Crippen LogP contribution in [0.5, 0.6) is 5.75 Å². The van der Waals surface area contributed by atoms with Crippen LogP contribution < -0.4 is 10.1 Å². The highest BCUT2D eigenvalue weighted by molar-refractivity contribution is 5.67. The van der Waals surface area contributed by atoms with E-state index in [1.807, 2.05) is 25.1 Å². The predicted molar refractivity (Wildman–Crippen MR) is 97.1 cm³/mol. The number of hydrogen-bond acceptors (Lipinski definition) is 4. The molecule has 2 aromatic rings. The van der Waals surface area contributed by atoms with Crippen LogP contribution in [0.4, 0.5) is 11.4 Å². The molecule has 0 amide bonds. The molecule has 2 aromatic carbocycles. The SMILES string of the molecule is CCOc1cccc2c1N[C@@H](c1cccc([N+](=O)[O-])c1)[C@H]1CC=C[C@@H]21. The van der Waals surface area contributed by atoms with Crippen LogP contribution in [-0.4, -0.2) is 11.5 Å². The van der Waals surface area contributed by atoms with Gasteiger partial charge in [-0.2, -0.15) is 0 Å². The topological polar surface area (TPSA) is 64.4 Å². The van der Waals surface area contributed by atoms with Crippen LogP contribution >= 0.6 is 0 Å². The Kier molecular flexibility index (Phi) is 3.92. The molecule has 5 heteroatoms. The summed E-state index contributed by atoms with van der Waals surface area (Å²) in [6, 6.07) is 13.1. The summed E-state index contributed by atoms with van der Waals surface area (Å²) in [6.45, 7) is 2.57. The number of para-hydroxylation sites is 1. The van der Waals surface area contributed by atoms with Crippen molar-refractivity contribution in [3.63, 3.8) is 0 Å². The van der Waals surface area contributed by atoms with Gasteiger partial charge in [-0.15, -0.1) is 0 Å². The van der Waals surface area contributed by atoms with Crippen molar-refractivity contribution in [3.05, 3.63) is 75.9 Å². The van der Waals surface area contributed by atoms with E-state index in [1.54, 1.807) is 12.1 Å². The molecule has 25 heavy (non-hydrogen) atoms. The molecular formula is C20H20N2O3. The van der Waals surface area contributed by atoms with Gasteiger partial charge in [0.1, 0.15) is 5.75 Å². The summed E-state index contributed by atoms with van der Waals surface area (Å²) < 4.78 is 5.80. The molecule has 1 aliphatic carbocycles. The highest BCUT2D eigenvalue weighted by Gasteiger charge is 2.39. The first-order valence-corrected chi connectivity index (χ1v) is 8.62. The van der Waals surface area contributed by atoms with Crippen molar-refractivity contribution >= 4 is 11.4 Å². The standard InChI is InChI=1S/C20H20N2O3/c1-2-25-18-11-5-10-17-15-8-4-9-16(15)19(21-20(17)18)13-6-3-7-14(12-13)22(23)24/h3-8,10-12,15-16,19,21H,2,9H2,1H3/t15-,16+,19+/m1/s1. The first-order chi connectivity index (χ1) is 12.2. The van der Waals surface area contributed by atoms with Crippen molar-refractivity contribution in [2.75, 3.05) is 11.9 Å². The van der Waals surface area contributed by atoms with Crippen LogP contribution in [-0.2, 0) is 0 Å². The van der Waals surface area contributed by atoms with Crippen molar-refractivity contribution in [1.82, 2.24) is 0 Å². The Balaban J connectivity index is 1.79. The zero-order valence-corrected chi connectivity index (χ0v) is 14.0. The molecule has 0 saturated heterocycles. The lowest BCUT2D eigenvalue weighted by atomic mass is 9.77. The number of ether oxygens (including phenoxy) is 1. The van der Waals surface area contributed by atoms with Gasteiger partial charge in [-0.1, -0.05) is 36.4 Å². The molecule has 0 radical (unpaired) electrons. The second-order valence-electron chi connectivity index (χ2n) is 6.48.